The predicted octanol–water partition coefficient (Wildman–Crippen LogP) is 3.94. The van der Waals surface area contributed by atoms with Gasteiger partial charge in [-0.25, -0.2) is 0 Å². The highest BCUT2D eigenvalue weighted by Gasteiger charge is 2.40. The Kier molecular flexibility index (Phi) is 10.2. The molecule has 2 aromatic rings. The van der Waals surface area contributed by atoms with Crippen LogP contribution in [0.25, 0.3) is 16.2 Å². The van der Waals surface area contributed by atoms with Gasteiger partial charge in [-0.05, 0) is 67.1 Å². The van der Waals surface area contributed by atoms with Crippen LogP contribution in [0.4, 0.5) is 0 Å². The summed E-state index contributed by atoms with van der Waals surface area (Å²) in [5.41, 5.74) is -1.01. The van der Waals surface area contributed by atoms with Crippen LogP contribution in [0.15, 0.2) is 23.6 Å². The number of piperidine rings is 2. The Morgan fingerprint density at radius 1 is 1.05 bits per heavy atom. The Hall–Kier alpha value is -3.15. The van der Waals surface area contributed by atoms with Gasteiger partial charge in [-0.2, -0.15) is 0 Å². The highest BCUT2D eigenvalue weighted by molar-refractivity contribution is 7.18. The first kappa shape index (κ1) is 31.8. The summed E-state index contributed by atoms with van der Waals surface area (Å²) in [6.45, 7) is 4.54. The number of amides is 4. The largest absolute Gasteiger partial charge is 0.481 e. The minimum absolute atomic E-state index is 0.0574. The second kappa shape index (κ2) is 13.4. The van der Waals surface area contributed by atoms with Crippen LogP contribution >= 0.6 is 34.5 Å². The lowest BCUT2D eigenvalue weighted by Gasteiger charge is -2.36. The van der Waals surface area contributed by atoms with Crippen LogP contribution in [0.1, 0.15) is 51.5 Å². The number of nitrogens with zero attached hydrogens (tertiary/aromatic N) is 2. The topological polar surface area (TPSA) is 136 Å². The smallest absolute Gasteiger partial charge is 0.306 e. The molecule has 0 aliphatic carbocycles. The number of aliphatic carboxylic acids is 1. The van der Waals surface area contributed by atoms with Gasteiger partial charge in [0.15, 0.2) is 0 Å². The predicted molar refractivity (Wildman–Crippen MR) is 162 cm³/mol. The van der Waals surface area contributed by atoms with Crippen molar-refractivity contribution >= 4 is 80.3 Å². The molecule has 1 aromatic heterocycles. The molecular formula is C29H34Cl2N4O6S. The monoisotopic (exact) mass is 636 g/mol. The van der Waals surface area contributed by atoms with E-state index in [-0.39, 0.29) is 17.9 Å². The van der Waals surface area contributed by atoms with Crippen LogP contribution in [0.5, 0.6) is 0 Å². The SMILES string of the molecule is CC(=O)N1CCC(C(=O)N[C@](C)(CC(=O)O)C(=O)NC2CCN(C(=O)/C=C/c3cc4ccsc4c(Cl)c3Cl)CC2)CC1. The number of carboxylic acid groups (broad SMARTS) is 1. The molecule has 2 fully saturated rings. The van der Waals surface area contributed by atoms with Gasteiger partial charge in [-0.15, -0.1) is 11.3 Å². The third kappa shape index (κ3) is 7.43. The molecule has 4 amide bonds. The number of carbonyl (C=O) groups is 5. The van der Waals surface area contributed by atoms with Crippen LogP contribution in [-0.4, -0.2) is 82.3 Å². The number of carbonyl (C=O) groups excluding carboxylic acids is 4. The molecule has 3 heterocycles. The van der Waals surface area contributed by atoms with Crippen LogP contribution in [0, 0.1) is 5.92 Å². The summed E-state index contributed by atoms with van der Waals surface area (Å²) in [4.78, 5) is 65.7. The zero-order valence-electron chi connectivity index (χ0n) is 23.5. The number of thiophene rings is 1. The first-order valence-corrected chi connectivity index (χ1v) is 15.4. The lowest BCUT2D eigenvalue weighted by Crippen LogP contribution is -2.61. The maximum Gasteiger partial charge on any atom is 0.306 e. The molecule has 0 radical (unpaired) electrons. The molecular weight excluding hydrogens is 603 g/mol. The molecule has 2 aliphatic heterocycles. The van der Waals surface area contributed by atoms with E-state index in [1.54, 1.807) is 15.9 Å². The summed E-state index contributed by atoms with van der Waals surface area (Å²) in [6.07, 6.45) is 4.35. The summed E-state index contributed by atoms with van der Waals surface area (Å²) in [5.74, 6) is -2.87. The summed E-state index contributed by atoms with van der Waals surface area (Å²) in [6, 6.07) is 3.53. The number of hydrogen-bond acceptors (Lipinski definition) is 6. The summed E-state index contributed by atoms with van der Waals surface area (Å²) >= 11 is 14.3. The summed E-state index contributed by atoms with van der Waals surface area (Å²) < 4.78 is 0.892. The van der Waals surface area contributed by atoms with Crippen LogP contribution < -0.4 is 10.6 Å². The van der Waals surface area contributed by atoms with Gasteiger partial charge in [0.2, 0.25) is 23.6 Å². The fourth-order valence-electron chi connectivity index (χ4n) is 5.36. The van der Waals surface area contributed by atoms with E-state index in [4.69, 9.17) is 23.2 Å². The molecule has 226 valence electrons. The van der Waals surface area contributed by atoms with Crippen molar-refractivity contribution in [3.63, 3.8) is 0 Å². The minimum Gasteiger partial charge on any atom is -0.481 e. The Labute approximate surface area is 258 Å². The van der Waals surface area contributed by atoms with Gasteiger partial charge in [-0.1, -0.05) is 23.2 Å². The number of benzene rings is 1. The van der Waals surface area contributed by atoms with Crippen molar-refractivity contribution in [1.82, 2.24) is 20.4 Å². The maximum atomic E-state index is 13.3. The van der Waals surface area contributed by atoms with E-state index in [9.17, 15) is 29.1 Å². The molecule has 3 N–H and O–H groups in total. The van der Waals surface area contributed by atoms with Crippen LogP contribution in [0.2, 0.25) is 10.0 Å². The Bertz CT molecular complexity index is 1410. The lowest BCUT2D eigenvalue weighted by molar-refractivity contribution is -0.145. The molecule has 0 bridgehead atoms. The average molecular weight is 638 g/mol. The molecule has 2 saturated heterocycles. The first-order valence-electron chi connectivity index (χ1n) is 13.8. The lowest BCUT2D eigenvalue weighted by atomic mass is 9.91. The number of carboxylic acids is 1. The summed E-state index contributed by atoms with van der Waals surface area (Å²) in [7, 11) is 0. The number of halogens is 2. The van der Waals surface area contributed by atoms with Gasteiger partial charge in [0.05, 0.1) is 21.2 Å². The molecule has 1 atom stereocenters. The Morgan fingerprint density at radius 3 is 2.31 bits per heavy atom. The zero-order valence-corrected chi connectivity index (χ0v) is 25.8. The molecule has 4 rings (SSSR count). The van der Waals surface area contributed by atoms with E-state index in [1.807, 2.05) is 17.5 Å². The fraction of sp³-hybridized carbons (Fsp3) is 0.483. The number of likely N-dealkylation sites (tertiary alicyclic amines) is 2. The number of hydrogen-bond donors (Lipinski definition) is 3. The van der Waals surface area contributed by atoms with Crippen molar-refractivity contribution in [2.24, 2.45) is 5.92 Å². The standard InChI is InChI=1S/C29H34Cl2N4O6S/c1-17(36)34-10-5-18(6-11-34)27(40)33-29(2,16-23(38)39)28(41)32-21-7-12-35(13-8-21)22(37)4-3-19-15-20-9-14-42-26(20)25(31)24(19)30/h3-4,9,14-15,18,21H,5-8,10-13,16H2,1-2H3,(H,32,41)(H,33,40)(H,38,39)/b4-3+/t29-/m1/s1. The van der Waals surface area contributed by atoms with E-state index in [0.29, 0.717) is 67.5 Å². The number of nitrogens with one attached hydrogen (secondary N) is 2. The van der Waals surface area contributed by atoms with Gasteiger partial charge in [-0.3, -0.25) is 24.0 Å². The van der Waals surface area contributed by atoms with Crippen molar-refractivity contribution in [2.45, 2.75) is 57.5 Å². The second-order valence-corrected chi connectivity index (χ2v) is 12.7. The van der Waals surface area contributed by atoms with E-state index in [1.165, 1.54) is 31.3 Å². The van der Waals surface area contributed by atoms with E-state index < -0.39 is 35.7 Å². The van der Waals surface area contributed by atoms with Crippen molar-refractivity contribution in [3.05, 3.63) is 39.2 Å². The third-order valence-corrected chi connectivity index (χ3v) is 9.86. The van der Waals surface area contributed by atoms with Gasteiger partial charge < -0.3 is 25.5 Å². The molecule has 1 aromatic carbocycles. The van der Waals surface area contributed by atoms with Crippen LogP contribution in [0.3, 0.4) is 0 Å². The van der Waals surface area contributed by atoms with Gasteiger partial charge in [0.25, 0.3) is 0 Å². The molecule has 2 aliphatic rings. The molecule has 10 nitrogen and oxygen atoms in total. The third-order valence-electron chi connectivity index (χ3n) is 7.92. The molecule has 0 unspecified atom stereocenters. The normalized spacial score (nSPS) is 18.2. The quantitative estimate of drug-likeness (QED) is 0.376. The maximum absolute atomic E-state index is 13.3. The number of rotatable bonds is 8. The van der Waals surface area contributed by atoms with E-state index in [2.05, 4.69) is 10.6 Å². The summed E-state index contributed by atoms with van der Waals surface area (Å²) in [5, 5.41) is 18.8. The second-order valence-electron chi connectivity index (χ2n) is 11.0. The average Bonchev–Trinajstić information content (AvgIpc) is 3.42. The van der Waals surface area contributed by atoms with Crippen molar-refractivity contribution in [3.8, 4) is 0 Å². The number of fused-ring (bicyclic) bond motifs is 1. The van der Waals surface area contributed by atoms with Gasteiger partial charge >= 0.3 is 5.97 Å². The van der Waals surface area contributed by atoms with Crippen molar-refractivity contribution in [1.29, 1.82) is 0 Å². The first-order chi connectivity index (χ1) is 19.9. The van der Waals surface area contributed by atoms with Gasteiger partial charge in [0.1, 0.15) is 5.54 Å². The fourth-order valence-corrected chi connectivity index (χ4v) is 6.80. The molecule has 0 spiro atoms. The van der Waals surface area contributed by atoms with Crippen molar-refractivity contribution in [2.75, 3.05) is 26.2 Å². The van der Waals surface area contributed by atoms with E-state index in [0.717, 1.165) is 10.1 Å². The molecule has 42 heavy (non-hydrogen) atoms. The van der Waals surface area contributed by atoms with Gasteiger partial charge in [0, 0.05) is 51.1 Å². The van der Waals surface area contributed by atoms with Crippen LogP contribution in [-0.2, 0) is 24.0 Å². The Morgan fingerprint density at radius 2 is 1.69 bits per heavy atom. The molecule has 0 saturated carbocycles. The molecule has 13 heteroatoms. The van der Waals surface area contributed by atoms with E-state index >= 15 is 0 Å². The zero-order chi connectivity index (χ0) is 30.6. The highest BCUT2D eigenvalue weighted by atomic mass is 35.5. The highest BCUT2D eigenvalue weighted by Crippen LogP contribution is 2.37. The van der Waals surface area contributed by atoms with Crippen molar-refractivity contribution < 1.29 is 29.1 Å². The minimum atomic E-state index is -1.65. The Balaban J connectivity index is 1.32.